The maximum Gasteiger partial charge on any atom is 0.231 e. The molecule has 10 nitrogen and oxygen atoms in total. The molecule has 2 aromatic carbocycles. The van der Waals surface area contributed by atoms with Crippen LogP contribution in [0.5, 0.6) is 11.5 Å². The molecule has 2 atom stereocenters. The maximum absolute atomic E-state index is 12.3. The highest BCUT2D eigenvalue weighted by Crippen LogP contribution is 2.42. The first-order valence-corrected chi connectivity index (χ1v) is 13.6. The molecule has 10 heteroatoms. The molecule has 4 saturated heterocycles. The van der Waals surface area contributed by atoms with Crippen LogP contribution in [0.4, 0.5) is 0 Å². The second kappa shape index (κ2) is 11.2. The van der Waals surface area contributed by atoms with Crippen molar-refractivity contribution in [1.82, 2.24) is 20.4 Å². The molecule has 2 aromatic rings. The Morgan fingerprint density at radius 1 is 0.650 bits per heavy atom. The molecule has 2 N–H and O–H groups in total. The van der Waals surface area contributed by atoms with Crippen LogP contribution in [0.15, 0.2) is 48.5 Å². The summed E-state index contributed by atoms with van der Waals surface area (Å²) >= 11 is 0. The fourth-order valence-electron chi connectivity index (χ4n) is 6.09. The molecule has 0 aromatic heterocycles. The first kappa shape index (κ1) is 27.5. The number of nitrogens with one attached hydrogen (secondary N) is 2. The number of amides is 4. The van der Waals surface area contributed by atoms with Gasteiger partial charge in [-0.3, -0.25) is 19.2 Å². The van der Waals surface area contributed by atoms with Gasteiger partial charge in [0.25, 0.3) is 0 Å². The van der Waals surface area contributed by atoms with Crippen LogP contribution in [-0.2, 0) is 32.3 Å². The number of ether oxygens (including phenoxy) is 2. The van der Waals surface area contributed by atoms with Gasteiger partial charge < -0.3 is 29.9 Å². The summed E-state index contributed by atoms with van der Waals surface area (Å²) in [6.45, 7) is 3.80. The Labute approximate surface area is 234 Å². The largest absolute Gasteiger partial charge is 0.497 e. The minimum atomic E-state index is -0.422. The summed E-state index contributed by atoms with van der Waals surface area (Å²) in [6.07, 6.45) is 2.20. The highest BCUT2D eigenvalue weighted by Gasteiger charge is 2.54. The number of hydrogen-bond donors (Lipinski definition) is 2. The molecule has 0 unspecified atom stereocenters. The van der Waals surface area contributed by atoms with E-state index in [1.165, 1.54) is 0 Å². The van der Waals surface area contributed by atoms with Crippen molar-refractivity contribution >= 4 is 23.6 Å². The molecule has 212 valence electrons. The Morgan fingerprint density at radius 3 is 1.32 bits per heavy atom. The van der Waals surface area contributed by atoms with Crippen LogP contribution in [0.3, 0.4) is 0 Å². The van der Waals surface area contributed by atoms with Crippen molar-refractivity contribution in [3.63, 3.8) is 0 Å². The van der Waals surface area contributed by atoms with E-state index in [0.717, 1.165) is 35.5 Å². The van der Waals surface area contributed by atoms with Crippen LogP contribution in [0.2, 0.25) is 0 Å². The maximum atomic E-state index is 12.3. The topological polar surface area (TPSA) is 117 Å². The van der Waals surface area contributed by atoms with Crippen molar-refractivity contribution in [2.45, 2.75) is 38.8 Å². The van der Waals surface area contributed by atoms with E-state index >= 15 is 0 Å². The smallest absolute Gasteiger partial charge is 0.231 e. The van der Waals surface area contributed by atoms with E-state index in [9.17, 15) is 19.2 Å². The Bertz CT molecular complexity index is 1180. The van der Waals surface area contributed by atoms with Crippen molar-refractivity contribution in [2.75, 3.05) is 40.4 Å². The molecule has 0 saturated carbocycles. The zero-order valence-corrected chi connectivity index (χ0v) is 23.0. The fourth-order valence-corrected chi connectivity index (χ4v) is 6.09. The number of carbonyl (C=O) groups excluding carboxylic acids is 4. The predicted molar refractivity (Wildman–Crippen MR) is 146 cm³/mol. The summed E-state index contributed by atoms with van der Waals surface area (Å²) in [4.78, 5) is 51.2. The van der Waals surface area contributed by atoms with E-state index in [-0.39, 0.29) is 23.6 Å². The highest BCUT2D eigenvalue weighted by molar-refractivity contribution is 5.95. The lowest BCUT2D eigenvalue weighted by molar-refractivity contribution is -0.167. The summed E-state index contributed by atoms with van der Waals surface area (Å²) in [6, 6.07) is 15.4. The molecule has 6 rings (SSSR count). The Hall–Kier alpha value is -4.08. The number of nitrogens with zero attached hydrogens (tertiary/aromatic N) is 2. The molecule has 0 aliphatic carbocycles. The number of benzene rings is 2. The Morgan fingerprint density at radius 2 is 1.02 bits per heavy atom. The molecule has 4 fully saturated rings. The third-order valence-electron chi connectivity index (χ3n) is 8.38. The number of likely N-dealkylation sites (tertiary alicyclic amines) is 2. The van der Waals surface area contributed by atoms with Gasteiger partial charge in [0, 0.05) is 52.1 Å². The lowest BCUT2D eigenvalue weighted by Gasteiger charge is -2.50. The van der Waals surface area contributed by atoms with Gasteiger partial charge in [-0.1, -0.05) is 24.3 Å². The van der Waals surface area contributed by atoms with Crippen LogP contribution in [0.1, 0.15) is 36.8 Å². The van der Waals surface area contributed by atoms with Gasteiger partial charge >= 0.3 is 0 Å². The van der Waals surface area contributed by atoms with Gasteiger partial charge in [-0.2, -0.15) is 0 Å². The van der Waals surface area contributed by atoms with E-state index < -0.39 is 10.8 Å². The molecule has 0 bridgehead atoms. The third kappa shape index (κ3) is 5.48. The number of β-lactam (4-membered cyclic amide) rings is 2. The second-order valence-electron chi connectivity index (χ2n) is 11.1. The predicted octanol–water partition coefficient (Wildman–Crippen LogP) is 1.87. The average molecular weight is 549 g/mol. The molecule has 4 amide bonds. The first-order chi connectivity index (χ1) is 19.3. The summed E-state index contributed by atoms with van der Waals surface area (Å²) in [7, 11) is 3.26. The quantitative estimate of drug-likeness (QED) is 0.533. The second-order valence-corrected chi connectivity index (χ2v) is 11.1. The number of hydrogen-bond acceptors (Lipinski definition) is 6. The molecule has 4 heterocycles. The number of piperidine rings is 2. The third-order valence-corrected chi connectivity index (χ3v) is 8.38. The number of carbonyl (C=O) groups is 4. The van der Waals surface area contributed by atoms with Crippen molar-refractivity contribution in [1.29, 1.82) is 0 Å². The van der Waals surface area contributed by atoms with Gasteiger partial charge in [0.1, 0.15) is 11.5 Å². The molecule has 40 heavy (non-hydrogen) atoms. The summed E-state index contributed by atoms with van der Waals surface area (Å²) in [5.41, 5.74) is 1.31. The van der Waals surface area contributed by atoms with Crippen LogP contribution >= 0.6 is 0 Å². The Kier molecular flexibility index (Phi) is 7.69. The molecule has 4 aliphatic heterocycles. The van der Waals surface area contributed by atoms with Crippen LogP contribution in [0, 0.1) is 10.8 Å². The highest BCUT2D eigenvalue weighted by atomic mass is 16.5. The summed E-state index contributed by atoms with van der Waals surface area (Å²) in [5, 5.41) is 5.56. The first-order valence-electron chi connectivity index (χ1n) is 13.6. The normalized spacial score (nSPS) is 25.4. The monoisotopic (exact) mass is 548 g/mol. The SMILES string of the molecule is COc1ccc(CN2C[C@@]3(CCNC(=O)C3)C2=O)cc1.COc1ccc(CN2C[C@]3(CCNC(=O)C3)C2=O)cc1. The van der Waals surface area contributed by atoms with Crippen molar-refractivity contribution in [2.24, 2.45) is 10.8 Å². The fraction of sp³-hybridized carbons (Fsp3) is 0.467. The van der Waals surface area contributed by atoms with Crippen molar-refractivity contribution < 1.29 is 28.7 Å². The van der Waals surface area contributed by atoms with Gasteiger partial charge in [0.05, 0.1) is 25.0 Å². The molecular weight excluding hydrogens is 512 g/mol. The summed E-state index contributed by atoms with van der Waals surface area (Å²) in [5.74, 6) is 1.84. The van der Waals surface area contributed by atoms with E-state index in [1.54, 1.807) is 14.2 Å². The molecule has 0 radical (unpaired) electrons. The van der Waals surface area contributed by atoms with E-state index in [1.807, 2.05) is 58.3 Å². The van der Waals surface area contributed by atoms with Gasteiger partial charge in [-0.25, -0.2) is 0 Å². The minimum absolute atomic E-state index is 0.00584. The lowest BCUT2D eigenvalue weighted by atomic mass is 9.71. The average Bonchev–Trinajstić information content (AvgIpc) is 2.97. The molecular formula is C30H36N4O6. The van der Waals surface area contributed by atoms with E-state index in [4.69, 9.17) is 9.47 Å². The minimum Gasteiger partial charge on any atom is -0.497 e. The van der Waals surface area contributed by atoms with Gasteiger partial charge in [-0.15, -0.1) is 0 Å². The molecule has 4 aliphatic rings. The van der Waals surface area contributed by atoms with E-state index in [2.05, 4.69) is 10.6 Å². The van der Waals surface area contributed by atoms with Crippen LogP contribution in [0.25, 0.3) is 0 Å². The zero-order chi connectivity index (χ0) is 28.3. The molecule has 2 spiro atoms. The van der Waals surface area contributed by atoms with Gasteiger partial charge in [0.2, 0.25) is 23.6 Å². The van der Waals surface area contributed by atoms with Crippen molar-refractivity contribution in [3.05, 3.63) is 59.7 Å². The summed E-state index contributed by atoms with van der Waals surface area (Å²) < 4.78 is 10.2. The standard InChI is InChI=1S/2C15H18N2O3/c2*1-20-12-4-2-11(3-5-12)9-17-10-15(14(17)19)6-7-16-13(18)8-15/h2*2-5H,6-10H2,1H3,(H,16,18)/t2*15-/m10/s1. The Balaban J connectivity index is 0.000000161. The van der Waals surface area contributed by atoms with E-state index in [0.29, 0.717) is 52.1 Å². The van der Waals surface area contributed by atoms with Crippen LogP contribution in [-0.4, -0.2) is 73.8 Å². The number of rotatable bonds is 6. The number of methoxy groups -OCH3 is 2. The lowest BCUT2D eigenvalue weighted by Crippen LogP contribution is -2.64. The zero-order valence-electron chi connectivity index (χ0n) is 23.0. The van der Waals surface area contributed by atoms with Gasteiger partial charge in [0.15, 0.2) is 0 Å². The van der Waals surface area contributed by atoms with Gasteiger partial charge in [-0.05, 0) is 48.2 Å². The van der Waals surface area contributed by atoms with Crippen molar-refractivity contribution in [3.8, 4) is 11.5 Å². The van der Waals surface area contributed by atoms with Crippen LogP contribution < -0.4 is 20.1 Å².